The summed E-state index contributed by atoms with van der Waals surface area (Å²) < 4.78 is 10.3. The molecule has 0 saturated carbocycles. The monoisotopic (exact) mass is 412 g/mol. The van der Waals surface area contributed by atoms with Gasteiger partial charge in [0, 0.05) is 36.3 Å². The average Bonchev–Trinajstić information content (AvgIpc) is 2.75. The number of methoxy groups -OCH3 is 2. The molecule has 6 nitrogen and oxygen atoms in total. The van der Waals surface area contributed by atoms with E-state index in [2.05, 4.69) is 10.6 Å². The van der Waals surface area contributed by atoms with Gasteiger partial charge in [-0.1, -0.05) is 37.8 Å². The lowest BCUT2D eigenvalue weighted by atomic mass is 10.1. The third-order valence-corrected chi connectivity index (χ3v) is 4.76. The first-order valence-corrected chi connectivity index (χ1v) is 10.5. The predicted molar refractivity (Wildman–Crippen MR) is 120 cm³/mol. The highest BCUT2D eigenvalue weighted by Crippen LogP contribution is 2.18. The first-order chi connectivity index (χ1) is 14.6. The number of hydrogen-bond donors (Lipinski definition) is 2. The summed E-state index contributed by atoms with van der Waals surface area (Å²) in [6, 6.07) is 14.7. The Bertz CT molecular complexity index is 740. The van der Waals surface area contributed by atoms with Crippen molar-refractivity contribution in [2.45, 2.75) is 51.4 Å². The number of carbonyl (C=O) groups excluding carboxylic acids is 2. The zero-order chi connectivity index (χ0) is 21.6. The molecule has 162 valence electrons. The SMILES string of the molecule is COc1cccc(NC(=O)CCCCCCCCC(=O)Nc2cccc(OC)c2)c1. The second kappa shape index (κ2) is 13.2. The Kier molecular flexibility index (Phi) is 10.3. The van der Waals surface area contributed by atoms with Gasteiger partial charge in [0.25, 0.3) is 0 Å². The Morgan fingerprint density at radius 1 is 0.667 bits per heavy atom. The van der Waals surface area contributed by atoms with Crippen LogP contribution < -0.4 is 20.1 Å². The van der Waals surface area contributed by atoms with E-state index in [1.807, 2.05) is 48.5 Å². The lowest BCUT2D eigenvalue weighted by Gasteiger charge is -2.07. The van der Waals surface area contributed by atoms with E-state index in [1.165, 1.54) is 0 Å². The van der Waals surface area contributed by atoms with Crippen LogP contribution in [0.15, 0.2) is 48.5 Å². The van der Waals surface area contributed by atoms with E-state index < -0.39 is 0 Å². The highest BCUT2D eigenvalue weighted by molar-refractivity contribution is 5.91. The zero-order valence-electron chi connectivity index (χ0n) is 17.9. The maximum atomic E-state index is 12.0. The molecular formula is C24H32N2O4. The number of benzene rings is 2. The van der Waals surface area contributed by atoms with Crippen molar-refractivity contribution in [1.82, 2.24) is 0 Å². The number of amides is 2. The molecule has 0 heterocycles. The Hall–Kier alpha value is -3.02. The van der Waals surface area contributed by atoms with E-state index in [0.29, 0.717) is 12.8 Å². The van der Waals surface area contributed by atoms with Crippen molar-refractivity contribution in [3.8, 4) is 11.5 Å². The third-order valence-electron chi connectivity index (χ3n) is 4.76. The number of carbonyl (C=O) groups is 2. The summed E-state index contributed by atoms with van der Waals surface area (Å²) in [4.78, 5) is 24.0. The molecule has 6 heteroatoms. The molecule has 2 aromatic carbocycles. The van der Waals surface area contributed by atoms with E-state index in [4.69, 9.17) is 9.47 Å². The van der Waals surface area contributed by atoms with Crippen LogP contribution in [0.3, 0.4) is 0 Å². The summed E-state index contributed by atoms with van der Waals surface area (Å²) in [5.41, 5.74) is 1.51. The zero-order valence-corrected chi connectivity index (χ0v) is 17.9. The lowest BCUT2D eigenvalue weighted by Crippen LogP contribution is -2.11. The maximum absolute atomic E-state index is 12.0. The molecule has 0 aliphatic rings. The number of hydrogen-bond acceptors (Lipinski definition) is 4. The smallest absolute Gasteiger partial charge is 0.224 e. The molecule has 2 N–H and O–H groups in total. The molecule has 0 fully saturated rings. The van der Waals surface area contributed by atoms with Crippen molar-refractivity contribution in [2.75, 3.05) is 24.9 Å². The molecule has 0 atom stereocenters. The van der Waals surface area contributed by atoms with Gasteiger partial charge in [-0.2, -0.15) is 0 Å². The molecule has 0 spiro atoms. The van der Waals surface area contributed by atoms with E-state index in [9.17, 15) is 9.59 Å². The normalized spacial score (nSPS) is 10.3. The quantitative estimate of drug-likeness (QED) is 0.432. The molecule has 0 saturated heterocycles. The van der Waals surface area contributed by atoms with E-state index in [-0.39, 0.29) is 11.8 Å². The maximum Gasteiger partial charge on any atom is 0.224 e. The van der Waals surface area contributed by atoms with Crippen LogP contribution in [-0.2, 0) is 9.59 Å². The van der Waals surface area contributed by atoms with Crippen LogP contribution in [0.2, 0.25) is 0 Å². The van der Waals surface area contributed by atoms with Gasteiger partial charge < -0.3 is 20.1 Å². The molecule has 0 aliphatic carbocycles. The summed E-state index contributed by atoms with van der Waals surface area (Å²) in [7, 11) is 3.21. The second-order valence-corrected chi connectivity index (χ2v) is 7.18. The van der Waals surface area contributed by atoms with Gasteiger partial charge in [0.15, 0.2) is 0 Å². The van der Waals surface area contributed by atoms with Crippen molar-refractivity contribution in [1.29, 1.82) is 0 Å². The van der Waals surface area contributed by atoms with Gasteiger partial charge in [-0.05, 0) is 37.1 Å². The fourth-order valence-electron chi connectivity index (χ4n) is 3.13. The summed E-state index contributed by atoms with van der Waals surface area (Å²) in [6.45, 7) is 0. The molecule has 2 rings (SSSR count). The first kappa shape index (κ1) is 23.3. The largest absolute Gasteiger partial charge is 0.497 e. The average molecular weight is 413 g/mol. The van der Waals surface area contributed by atoms with Crippen LogP contribution in [0, 0.1) is 0 Å². The van der Waals surface area contributed by atoms with Crippen molar-refractivity contribution < 1.29 is 19.1 Å². The van der Waals surface area contributed by atoms with Crippen molar-refractivity contribution in [3.63, 3.8) is 0 Å². The summed E-state index contributed by atoms with van der Waals surface area (Å²) in [5.74, 6) is 1.50. The highest BCUT2D eigenvalue weighted by Gasteiger charge is 2.05. The van der Waals surface area contributed by atoms with Crippen LogP contribution >= 0.6 is 0 Å². The molecule has 2 amide bonds. The van der Waals surface area contributed by atoms with E-state index in [0.717, 1.165) is 61.4 Å². The summed E-state index contributed by atoms with van der Waals surface area (Å²) >= 11 is 0. The molecule has 0 bridgehead atoms. The highest BCUT2D eigenvalue weighted by atomic mass is 16.5. The van der Waals surface area contributed by atoms with Gasteiger partial charge in [-0.3, -0.25) is 9.59 Å². The Balaban J connectivity index is 1.49. The number of unbranched alkanes of at least 4 members (excludes halogenated alkanes) is 5. The van der Waals surface area contributed by atoms with Gasteiger partial charge >= 0.3 is 0 Å². The van der Waals surface area contributed by atoms with Gasteiger partial charge in [-0.15, -0.1) is 0 Å². The minimum absolute atomic E-state index is 0.0254. The van der Waals surface area contributed by atoms with Gasteiger partial charge in [0.05, 0.1) is 14.2 Å². The minimum Gasteiger partial charge on any atom is -0.497 e. The van der Waals surface area contributed by atoms with Gasteiger partial charge in [0.1, 0.15) is 11.5 Å². The lowest BCUT2D eigenvalue weighted by molar-refractivity contribution is -0.117. The van der Waals surface area contributed by atoms with Crippen LogP contribution in [0.1, 0.15) is 51.4 Å². The molecular weight excluding hydrogens is 380 g/mol. The first-order valence-electron chi connectivity index (χ1n) is 10.5. The fraction of sp³-hybridized carbons (Fsp3) is 0.417. The summed E-state index contributed by atoms with van der Waals surface area (Å²) in [5, 5.41) is 5.79. The predicted octanol–water partition coefficient (Wildman–Crippen LogP) is 5.40. The van der Waals surface area contributed by atoms with E-state index in [1.54, 1.807) is 14.2 Å². The summed E-state index contributed by atoms with van der Waals surface area (Å²) in [6.07, 6.45) is 6.94. The van der Waals surface area contributed by atoms with Crippen molar-refractivity contribution in [2.24, 2.45) is 0 Å². The Labute approximate surface area is 179 Å². The standard InChI is InChI=1S/C24H32N2O4/c1-29-21-13-9-11-19(17-21)25-23(27)15-7-5-3-4-6-8-16-24(28)26-20-12-10-14-22(18-20)30-2/h9-14,17-18H,3-8,15-16H2,1-2H3,(H,25,27)(H,26,28). The number of nitrogens with one attached hydrogen (secondary N) is 2. The topological polar surface area (TPSA) is 76.7 Å². The van der Waals surface area contributed by atoms with Crippen molar-refractivity contribution >= 4 is 23.2 Å². The molecule has 0 radical (unpaired) electrons. The van der Waals surface area contributed by atoms with Crippen LogP contribution in [0.25, 0.3) is 0 Å². The minimum atomic E-state index is 0.0254. The second-order valence-electron chi connectivity index (χ2n) is 7.18. The van der Waals surface area contributed by atoms with Crippen molar-refractivity contribution in [3.05, 3.63) is 48.5 Å². The molecule has 0 unspecified atom stereocenters. The molecule has 2 aromatic rings. The molecule has 30 heavy (non-hydrogen) atoms. The fourth-order valence-corrected chi connectivity index (χ4v) is 3.13. The van der Waals surface area contributed by atoms with Crippen LogP contribution in [0.5, 0.6) is 11.5 Å². The Morgan fingerprint density at radius 3 is 1.47 bits per heavy atom. The van der Waals surface area contributed by atoms with E-state index >= 15 is 0 Å². The number of ether oxygens (including phenoxy) is 2. The van der Waals surface area contributed by atoms with Gasteiger partial charge in [-0.25, -0.2) is 0 Å². The molecule has 0 aliphatic heterocycles. The number of anilines is 2. The van der Waals surface area contributed by atoms with Crippen LogP contribution in [0.4, 0.5) is 11.4 Å². The van der Waals surface area contributed by atoms with Gasteiger partial charge in [0.2, 0.25) is 11.8 Å². The third kappa shape index (κ3) is 8.99. The Morgan fingerprint density at radius 2 is 1.07 bits per heavy atom. The van der Waals surface area contributed by atoms with Crippen LogP contribution in [-0.4, -0.2) is 26.0 Å². The number of rotatable bonds is 13. The molecule has 0 aromatic heterocycles.